The monoisotopic (exact) mass is 278 g/mol. The zero-order valence-electron chi connectivity index (χ0n) is 13.7. The summed E-state index contributed by atoms with van der Waals surface area (Å²) in [4.78, 5) is 2.83. The van der Waals surface area contributed by atoms with Crippen molar-refractivity contribution in [3.05, 3.63) is 0 Å². The fraction of sp³-hybridized carbons (Fsp3) is 1.00. The zero-order chi connectivity index (χ0) is 14.0. The zero-order valence-corrected chi connectivity index (χ0v) is 13.7. The van der Waals surface area contributed by atoms with Gasteiger partial charge < -0.3 is 5.32 Å². The normalized spacial score (nSPS) is 38.4. The molecule has 0 amide bonds. The summed E-state index contributed by atoms with van der Waals surface area (Å²) >= 11 is 0. The Bertz CT molecular complexity index is 301. The Morgan fingerprint density at radius 3 is 2.35 bits per heavy atom. The Labute approximate surface area is 125 Å². The van der Waals surface area contributed by atoms with Crippen LogP contribution in [0.15, 0.2) is 0 Å². The predicted octanol–water partition coefficient (Wildman–Crippen LogP) is 3.81. The van der Waals surface area contributed by atoms with Gasteiger partial charge in [0.2, 0.25) is 0 Å². The van der Waals surface area contributed by atoms with E-state index < -0.39 is 0 Å². The van der Waals surface area contributed by atoms with Gasteiger partial charge in [0.1, 0.15) is 0 Å². The lowest BCUT2D eigenvalue weighted by atomic mass is 9.80. The second-order valence-electron chi connectivity index (χ2n) is 7.94. The van der Waals surface area contributed by atoms with Crippen molar-refractivity contribution in [3.8, 4) is 0 Å². The first-order valence-electron chi connectivity index (χ1n) is 9.20. The summed E-state index contributed by atoms with van der Waals surface area (Å²) in [6.07, 6.45) is 13.1. The number of hydrogen-bond acceptors (Lipinski definition) is 2. The van der Waals surface area contributed by atoms with Gasteiger partial charge in [0.05, 0.1) is 0 Å². The van der Waals surface area contributed by atoms with Crippen LogP contribution in [-0.2, 0) is 0 Å². The summed E-state index contributed by atoms with van der Waals surface area (Å²) in [5.74, 6) is 2.02. The predicted molar refractivity (Wildman–Crippen MR) is 86.0 cm³/mol. The van der Waals surface area contributed by atoms with Crippen molar-refractivity contribution in [3.63, 3.8) is 0 Å². The number of hydrogen-bond donors (Lipinski definition) is 1. The molecule has 1 atom stereocenters. The van der Waals surface area contributed by atoms with E-state index in [0.29, 0.717) is 5.54 Å². The highest BCUT2D eigenvalue weighted by Crippen LogP contribution is 2.35. The van der Waals surface area contributed by atoms with Crippen molar-refractivity contribution in [2.24, 2.45) is 11.8 Å². The molecule has 0 radical (unpaired) electrons. The van der Waals surface area contributed by atoms with E-state index in [1.54, 1.807) is 0 Å². The SMILES string of the molecule is CCC1CCC(CN2CC3(CCCC3)NCC2C)CC1. The second kappa shape index (κ2) is 6.36. The van der Waals surface area contributed by atoms with Crippen LogP contribution in [0.1, 0.15) is 71.6 Å². The third-order valence-corrected chi connectivity index (χ3v) is 6.50. The quantitative estimate of drug-likeness (QED) is 0.844. The van der Waals surface area contributed by atoms with Crippen molar-refractivity contribution in [1.29, 1.82) is 0 Å². The molecular formula is C18H34N2. The first kappa shape index (κ1) is 14.8. The number of nitrogens with one attached hydrogen (secondary N) is 1. The molecule has 1 heterocycles. The molecule has 0 bridgehead atoms. The van der Waals surface area contributed by atoms with E-state index in [9.17, 15) is 0 Å². The van der Waals surface area contributed by atoms with Crippen LogP contribution in [0.25, 0.3) is 0 Å². The topological polar surface area (TPSA) is 15.3 Å². The van der Waals surface area contributed by atoms with E-state index in [-0.39, 0.29) is 0 Å². The molecule has 2 heteroatoms. The third kappa shape index (κ3) is 3.22. The van der Waals surface area contributed by atoms with Crippen LogP contribution >= 0.6 is 0 Å². The Morgan fingerprint density at radius 1 is 1.05 bits per heavy atom. The van der Waals surface area contributed by atoms with E-state index in [1.165, 1.54) is 77.4 Å². The summed E-state index contributed by atoms with van der Waals surface area (Å²) in [7, 11) is 0. The lowest BCUT2D eigenvalue weighted by molar-refractivity contribution is 0.0640. The molecular weight excluding hydrogens is 244 g/mol. The lowest BCUT2D eigenvalue weighted by Crippen LogP contribution is -2.63. The van der Waals surface area contributed by atoms with Gasteiger partial charge in [-0.05, 0) is 44.4 Å². The number of rotatable bonds is 3. The van der Waals surface area contributed by atoms with Gasteiger partial charge in [0.15, 0.2) is 0 Å². The standard InChI is InChI=1S/C18H34N2/c1-3-16-6-8-17(9-7-16)13-20-14-18(10-4-5-11-18)19-12-15(20)2/h15-17,19H,3-14H2,1-2H3. The molecule has 116 valence electrons. The Balaban J connectivity index is 1.53. The molecule has 1 N–H and O–H groups in total. The second-order valence-corrected chi connectivity index (χ2v) is 7.94. The van der Waals surface area contributed by atoms with Gasteiger partial charge in [-0.1, -0.05) is 39.0 Å². The molecule has 1 unspecified atom stereocenters. The smallest absolute Gasteiger partial charge is 0.0309 e. The molecule has 3 rings (SSSR count). The highest BCUT2D eigenvalue weighted by Gasteiger charge is 2.40. The van der Waals surface area contributed by atoms with Crippen LogP contribution in [0.2, 0.25) is 0 Å². The van der Waals surface area contributed by atoms with Gasteiger partial charge in [-0.2, -0.15) is 0 Å². The van der Waals surface area contributed by atoms with E-state index in [0.717, 1.165) is 17.9 Å². The summed E-state index contributed by atoms with van der Waals surface area (Å²) in [5, 5.41) is 3.89. The first-order valence-corrected chi connectivity index (χ1v) is 9.20. The molecule has 2 saturated carbocycles. The first-order chi connectivity index (χ1) is 9.71. The van der Waals surface area contributed by atoms with Gasteiger partial charge in [0.25, 0.3) is 0 Å². The van der Waals surface area contributed by atoms with Crippen LogP contribution < -0.4 is 5.32 Å². The molecule has 1 saturated heterocycles. The maximum Gasteiger partial charge on any atom is 0.0309 e. The van der Waals surface area contributed by atoms with Gasteiger partial charge in [0, 0.05) is 31.2 Å². The maximum absolute atomic E-state index is 3.89. The largest absolute Gasteiger partial charge is 0.308 e. The minimum absolute atomic E-state index is 0.493. The molecule has 3 aliphatic rings. The minimum atomic E-state index is 0.493. The van der Waals surface area contributed by atoms with Crippen LogP contribution in [0, 0.1) is 11.8 Å². The van der Waals surface area contributed by atoms with Crippen LogP contribution in [-0.4, -0.2) is 36.1 Å². The number of nitrogens with zero attached hydrogens (tertiary/aromatic N) is 1. The highest BCUT2D eigenvalue weighted by atomic mass is 15.3. The van der Waals surface area contributed by atoms with Crippen LogP contribution in [0.3, 0.4) is 0 Å². The molecule has 1 spiro atoms. The molecule has 0 aromatic carbocycles. The van der Waals surface area contributed by atoms with Gasteiger partial charge in [-0.3, -0.25) is 4.90 Å². The van der Waals surface area contributed by atoms with Crippen molar-refractivity contribution in [1.82, 2.24) is 10.2 Å². The van der Waals surface area contributed by atoms with E-state index in [2.05, 4.69) is 24.1 Å². The molecule has 2 aliphatic carbocycles. The fourth-order valence-electron chi connectivity index (χ4n) is 4.88. The average molecular weight is 278 g/mol. The fourth-order valence-corrected chi connectivity index (χ4v) is 4.88. The van der Waals surface area contributed by atoms with Crippen LogP contribution in [0.4, 0.5) is 0 Å². The molecule has 0 aromatic heterocycles. The molecule has 0 aromatic rings. The average Bonchev–Trinajstić information content (AvgIpc) is 2.92. The summed E-state index contributed by atoms with van der Waals surface area (Å²) < 4.78 is 0. The molecule has 1 aliphatic heterocycles. The van der Waals surface area contributed by atoms with Gasteiger partial charge in [-0.15, -0.1) is 0 Å². The van der Waals surface area contributed by atoms with E-state index in [1.807, 2.05) is 0 Å². The minimum Gasteiger partial charge on any atom is -0.308 e. The Hall–Kier alpha value is -0.0800. The van der Waals surface area contributed by atoms with Crippen molar-refractivity contribution in [2.45, 2.75) is 83.2 Å². The Kier molecular flexibility index (Phi) is 4.72. The van der Waals surface area contributed by atoms with Crippen molar-refractivity contribution in [2.75, 3.05) is 19.6 Å². The summed E-state index contributed by atoms with van der Waals surface area (Å²) in [6, 6.07) is 0.741. The third-order valence-electron chi connectivity index (χ3n) is 6.50. The van der Waals surface area contributed by atoms with Crippen molar-refractivity contribution >= 4 is 0 Å². The molecule has 20 heavy (non-hydrogen) atoms. The summed E-state index contributed by atoms with van der Waals surface area (Å²) in [5.41, 5.74) is 0.493. The summed E-state index contributed by atoms with van der Waals surface area (Å²) in [6.45, 7) is 8.70. The highest BCUT2D eigenvalue weighted by molar-refractivity contribution is 5.00. The lowest BCUT2D eigenvalue weighted by Gasteiger charge is -2.47. The van der Waals surface area contributed by atoms with Gasteiger partial charge >= 0.3 is 0 Å². The van der Waals surface area contributed by atoms with Crippen LogP contribution in [0.5, 0.6) is 0 Å². The van der Waals surface area contributed by atoms with Crippen molar-refractivity contribution < 1.29 is 0 Å². The Morgan fingerprint density at radius 2 is 1.70 bits per heavy atom. The van der Waals surface area contributed by atoms with E-state index in [4.69, 9.17) is 0 Å². The van der Waals surface area contributed by atoms with Gasteiger partial charge in [-0.25, -0.2) is 0 Å². The number of piperazine rings is 1. The van der Waals surface area contributed by atoms with E-state index >= 15 is 0 Å². The molecule has 2 nitrogen and oxygen atoms in total. The molecule has 3 fully saturated rings. The maximum atomic E-state index is 3.89.